The molecule has 2 aliphatic rings. The monoisotopic (exact) mass is 248 g/mol. The molecule has 1 saturated carbocycles. The Kier molecular flexibility index (Phi) is 2.45. The lowest BCUT2D eigenvalue weighted by Gasteiger charge is -2.41. The Balaban J connectivity index is 2.10. The van der Waals surface area contributed by atoms with Gasteiger partial charge in [-0.3, -0.25) is 4.79 Å². The topological polar surface area (TPSA) is 55.1 Å². The third-order valence-corrected chi connectivity index (χ3v) is 4.54. The van der Waals surface area contributed by atoms with Gasteiger partial charge in [-0.2, -0.15) is 0 Å². The first-order valence-electron chi connectivity index (χ1n) is 6.42. The predicted octanol–water partition coefficient (Wildman–Crippen LogP) is 2.26. The average Bonchev–Trinajstić information content (AvgIpc) is 2.57. The van der Waals surface area contributed by atoms with Crippen LogP contribution in [0.4, 0.5) is 10.1 Å². The summed E-state index contributed by atoms with van der Waals surface area (Å²) < 4.78 is 14.1. The fraction of sp³-hybridized carbons (Fsp3) is 0.500. The molecule has 0 aromatic heterocycles. The van der Waals surface area contributed by atoms with Crippen LogP contribution in [0.2, 0.25) is 0 Å². The Morgan fingerprint density at radius 3 is 2.78 bits per heavy atom. The van der Waals surface area contributed by atoms with Crippen molar-refractivity contribution in [2.24, 2.45) is 5.73 Å². The fourth-order valence-electron chi connectivity index (χ4n) is 2.99. The van der Waals surface area contributed by atoms with E-state index in [9.17, 15) is 9.18 Å². The number of benzene rings is 1. The molecule has 1 aromatic rings. The minimum Gasteiger partial charge on any atom is -0.330 e. The van der Waals surface area contributed by atoms with Crippen molar-refractivity contribution in [1.29, 1.82) is 0 Å². The Hall–Kier alpha value is -1.42. The largest absolute Gasteiger partial charge is 0.330 e. The zero-order chi connectivity index (χ0) is 12.9. The van der Waals surface area contributed by atoms with Crippen LogP contribution in [0.25, 0.3) is 0 Å². The van der Waals surface area contributed by atoms with Crippen LogP contribution in [0.15, 0.2) is 12.1 Å². The maximum atomic E-state index is 14.1. The number of halogens is 1. The Labute approximate surface area is 106 Å². The van der Waals surface area contributed by atoms with Gasteiger partial charge in [0, 0.05) is 12.0 Å². The van der Waals surface area contributed by atoms with E-state index in [0.717, 1.165) is 30.4 Å². The van der Waals surface area contributed by atoms with Crippen LogP contribution in [0, 0.1) is 5.82 Å². The van der Waals surface area contributed by atoms with Gasteiger partial charge in [0.05, 0.1) is 11.6 Å². The minimum atomic E-state index is -0.333. The molecule has 1 aromatic carbocycles. The van der Waals surface area contributed by atoms with Gasteiger partial charge in [-0.15, -0.1) is 0 Å². The summed E-state index contributed by atoms with van der Waals surface area (Å²) in [6.07, 6.45) is 3.16. The molecule has 4 heteroatoms. The Bertz CT molecular complexity index is 517. The van der Waals surface area contributed by atoms with Gasteiger partial charge in [0.15, 0.2) is 0 Å². The maximum absolute atomic E-state index is 14.1. The molecule has 96 valence electrons. The highest BCUT2D eigenvalue weighted by Gasteiger charge is 2.39. The van der Waals surface area contributed by atoms with Gasteiger partial charge in [0.1, 0.15) is 5.82 Å². The number of anilines is 1. The quantitative estimate of drug-likeness (QED) is 0.843. The van der Waals surface area contributed by atoms with E-state index in [1.54, 1.807) is 13.0 Å². The van der Waals surface area contributed by atoms with Gasteiger partial charge < -0.3 is 11.1 Å². The second-order valence-corrected chi connectivity index (χ2v) is 5.47. The number of carbonyl (C=O) groups excluding carboxylic acids is 1. The highest BCUT2D eigenvalue weighted by molar-refractivity contribution is 6.02. The van der Waals surface area contributed by atoms with Crippen LogP contribution in [0.1, 0.15) is 43.2 Å². The molecule has 0 spiro atoms. The van der Waals surface area contributed by atoms with E-state index in [1.807, 2.05) is 6.07 Å². The number of nitrogens with two attached hydrogens (primary N) is 1. The number of carbonyl (C=O) groups is 1. The number of hydrogen-bond donors (Lipinski definition) is 2. The lowest BCUT2D eigenvalue weighted by molar-refractivity contribution is -0.116. The highest BCUT2D eigenvalue weighted by Crippen LogP contribution is 2.46. The Morgan fingerprint density at radius 1 is 1.50 bits per heavy atom. The molecule has 3 N–H and O–H groups in total. The summed E-state index contributed by atoms with van der Waals surface area (Å²) in [6, 6.07) is 3.51. The van der Waals surface area contributed by atoms with Crippen LogP contribution >= 0.6 is 0 Å². The van der Waals surface area contributed by atoms with Gasteiger partial charge in [0.25, 0.3) is 0 Å². The molecule has 0 bridgehead atoms. The SMILES string of the molecule is CC1C(=O)Nc2c(F)cc(C3(CN)CCC3)cc21. The van der Waals surface area contributed by atoms with Crippen LogP contribution in [-0.4, -0.2) is 12.5 Å². The fourth-order valence-corrected chi connectivity index (χ4v) is 2.99. The van der Waals surface area contributed by atoms with Crippen molar-refractivity contribution in [3.63, 3.8) is 0 Å². The van der Waals surface area contributed by atoms with Crippen LogP contribution in [0.5, 0.6) is 0 Å². The molecule has 3 nitrogen and oxygen atoms in total. The summed E-state index contributed by atoms with van der Waals surface area (Å²) in [7, 11) is 0. The second kappa shape index (κ2) is 3.79. The van der Waals surface area contributed by atoms with Crippen molar-refractivity contribution in [1.82, 2.24) is 0 Å². The molecule has 1 unspecified atom stereocenters. The van der Waals surface area contributed by atoms with Crippen LogP contribution < -0.4 is 11.1 Å². The van der Waals surface area contributed by atoms with E-state index in [2.05, 4.69) is 5.32 Å². The summed E-state index contributed by atoms with van der Waals surface area (Å²) in [5.74, 6) is -0.735. The number of nitrogens with one attached hydrogen (secondary N) is 1. The van der Waals surface area contributed by atoms with E-state index in [1.165, 1.54) is 0 Å². The van der Waals surface area contributed by atoms with E-state index >= 15 is 0 Å². The summed E-state index contributed by atoms with van der Waals surface area (Å²) in [5, 5.41) is 2.60. The average molecular weight is 248 g/mol. The third-order valence-electron chi connectivity index (χ3n) is 4.54. The van der Waals surface area contributed by atoms with Gasteiger partial charge in [-0.05, 0) is 37.0 Å². The first-order valence-corrected chi connectivity index (χ1v) is 6.42. The summed E-state index contributed by atoms with van der Waals surface area (Å²) in [6.45, 7) is 2.35. The normalized spacial score (nSPS) is 24.4. The van der Waals surface area contributed by atoms with Gasteiger partial charge in [0.2, 0.25) is 5.91 Å². The lowest BCUT2D eigenvalue weighted by atomic mass is 9.64. The summed E-state index contributed by atoms with van der Waals surface area (Å²) in [5.41, 5.74) is 7.86. The Morgan fingerprint density at radius 2 is 2.22 bits per heavy atom. The number of rotatable bonds is 2. The zero-order valence-electron chi connectivity index (χ0n) is 10.4. The van der Waals surface area contributed by atoms with Crippen molar-refractivity contribution in [2.45, 2.75) is 37.5 Å². The summed E-state index contributed by atoms with van der Waals surface area (Å²) >= 11 is 0. The second-order valence-electron chi connectivity index (χ2n) is 5.47. The van der Waals surface area contributed by atoms with Gasteiger partial charge in [-0.25, -0.2) is 4.39 Å². The van der Waals surface area contributed by atoms with Crippen molar-refractivity contribution in [3.8, 4) is 0 Å². The summed E-state index contributed by atoms with van der Waals surface area (Å²) in [4.78, 5) is 11.6. The van der Waals surface area contributed by atoms with Crippen molar-refractivity contribution in [2.75, 3.05) is 11.9 Å². The predicted molar refractivity (Wildman–Crippen MR) is 68.0 cm³/mol. The lowest BCUT2D eigenvalue weighted by Crippen LogP contribution is -2.41. The van der Waals surface area contributed by atoms with Gasteiger partial charge in [-0.1, -0.05) is 12.5 Å². The zero-order valence-corrected chi connectivity index (χ0v) is 10.4. The molecule has 1 aliphatic heterocycles. The highest BCUT2D eigenvalue weighted by atomic mass is 19.1. The minimum absolute atomic E-state index is 0.0682. The van der Waals surface area contributed by atoms with E-state index in [-0.39, 0.29) is 23.1 Å². The molecule has 1 amide bonds. The van der Waals surface area contributed by atoms with E-state index in [0.29, 0.717) is 12.2 Å². The third kappa shape index (κ3) is 1.42. The van der Waals surface area contributed by atoms with Crippen LogP contribution in [-0.2, 0) is 10.2 Å². The smallest absolute Gasteiger partial charge is 0.231 e. The number of fused-ring (bicyclic) bond motifs is 1. The molecule has 1 atom stereocenters. The molecule has 1 fully saturated rings. The molecule has 1 aliphatic carbocycles. The van der Waals surface area contributed by atoms with E-state index in [4.69, 9.17) is 5.73 Å². The molecule has 0 radical (unpaired) electrons. The van der Waals surface area contributed by atoms with E-state index < -0.39 is 0 Å². The van der Waals surface area contributed by atoms with Gasteiger partial charge >= 0.3 is 0 Å². The van der Waals surface area contributed by atoms with Crippen LogP contribution in [0.3, 0.4) is 0 Å². The molecule has 1 heterocycles. The molecule has 18 heavy (non-hydrogen) atoms. The van der Waals surface area contributed by atoms with Crippen molar-refractivity contribution >= 4 is 11.6 Å². The first kappa shape index (κ1) is 11.7. The first-order chi connectivity index (χ1) is 8.57. The molecular weight excluding hydrogens is 231 g/mol. The maximum Gasteiger partial charge on any atom is 0.231 e. The standard InChI is InChI=1S/C14H17FN2O/c1-8-10-5-9(14(7-16)3-2-4-14)6-11(15)12(10)17-13(8)18/h5-6,8H,2-4,7,16H2,1H3,(H,17,18). The molecule has 0 saturated heterocycles. The van der Waals surface area contributed by atoms with Crippen molar-refractivity contribution < 1.29 is 9.18 Å². The van der Waals surface area contributed by atoms with Crippen molar-refractivity contribution in [3.05, 3.63) is 29.1 Å². The molecular formula is C14H17FN2O. The molecule has 3 rings (SSSR count). The number of hydrogen-bond acceptors (Lipinski definition) is 2. The number of amides is 1.